The Labute approximate surface area is 76.4 Å². The van der Waals surface area contributed by atoms with Crippen LogP contribution in [-0.2, 0) is 0 Å². The van der Waals surface area contributed by atoms with Gasteiger partial charge in [0.1, 0.15) is 5.84 Å². The van der Waals surface area contributed by atoms with E-state index in [-0.39, 0.29) is 0 Å². The van der Waals surface area contributed by atoms with Crippen molar-refractivity contribution in [2.75, 3.05) is 18.0 Å². The Kier molecular flexibility index (Phi) is 1.27. The monoisotopic (exact) mass is 171 g/mol. The van der Waals surface area contributed by atoms with Crippen LogP contribution in [0.4, 0.5) is 11.4 Å². The van der Waals surface area contributed by atoms with E-state index < -0.39 is 0 Å². The van der Waals surface area contributed by atoms with E-state index in [1.54, 1.807) is 0 Å². The Morgan fingerprint density at radius 3 is 3.15 bits per heavy atom. The standard InChI is InChI=1S/C10H9N3/c1-2-4-9-8(3-1)12-7-10-11-5-6-13(9)10/h1-4,7H,5-6H2. The lowest BCUT2D eigenvalue weighted by Crippen LogP contribution is -2.30. The molecule has 0 unspecified atom stereocenters. The number of fused-ring (bicyclic) bond motifs is 3. The second-order valence-electron chi connectivity index (χ2n) is 3.14. The predicted octanol–water partition coefficient (Wildman–Crippen LogP) is 1.62. The van der Waals surface area contributed by atoms with Crippen molar-refractivity contribution in [1.29, 1.82) is 0 Å². The molecule has 1 aromatic rings. The number of hydrogen-bond donors (Lipinski definition) is 0. The third-order valence-electron chi connectivity index (χ3n) is 2.37. The van der Waals surface area contributed by atoms with Crippen molar-refractivity contribution in [2.24, 2.45) is 9.98 Å². The zero-order valence-corrected chi connectivity index (χ0v) is 7.14. The van der Waals surface area contributed by atoms with Crippen molar-refractivity contribution >= 4 is 23.4 Å². The molecular formula is C10H9N3. The van der Waals surface area contributed by atoms with E-state index in [0.717, 1.165) is 24.6 Å². The third kappa shape index (κ3) is 0.900. The first-order valence-electron chi connectivity index (χ1n) is 4.40. The zero-order valence-electron chi connectivity index (χ0n) is 7.14. The topological polar surface area (TPSA) is 28.0 Å². The fraction of sp³-hybridized carbons (Fsp3) is 0.200. The molecular weight excluding hydrogens is 162 g/mol. The Morgan fingerprint density at radius 2 is 2.15 bits per heavy atom. The maximum atomic E-state index is 4.35. The largest absolute Gasteiger partial charge is 0.322 e. The molecule has 2 heterocycles. The third-order valence-corrected chi connectivity index (χ3v) is 2.37. The van der Waals surface area contributed by atoms with Gasteiger partial charge >= 0.3 is 0 Å². The fourth-order valence-electron chi connectivity index (χ4n) is 1.75. The van der Waals surface area contributed by atoms with Gasteiger partial charge in [0.05, 0.1) is 24.1 Å². The number of anilines is 1. The van der Waals surface area contributed by atoms with Crippen molar-refractivity contribution in [1.82, 2.24) is 0 Å². The molecule has 1 aromatic carbocycles. The molecule has 3 heteroatoms. The molecule has 3 rings (SSSR count). The molecule has 0 saturated heterocycles. The summed E-state index contributed by atoms with van der Waals surface area (Å²) in [5, 5.41) is 0. The number of nitrogens with zero attached hydrogens (tertiary/aromatic N) is 3. The van der Waals surface area contributed by atoms with Gasteiger partial charge in [-0.3, -0.25) is 9.98 Å². The number of rotatable bonds is 0. The summed E-state index contributed by atoms with van der Waals surface area (Å²) >= 11 is 0. The molecule has 0 bridgehead atoms. The summed E-state index contributed by atoms with van der Waals surface area (Å²) in [5.41, 5.74) is 2.23. The average Bonchev–Trinajstić information content (AvgIpc) is 2.65. The van der Waals surface area contributed by atoms with Crippen LogP contribution in [0.2, 0.25) is 0 Å². The van der Waals surface area contributed by atoms with Gasteiger partial charge in [0, 0.05) is 6.54 Å². The molecule has 0 aliphatic carbocycles. The van der Waals surface area contributed by atoms with Gasteiger partial charge in [-0.05, 0) is 12.1 Å². The van der Waals surface area contributed by atoms with Gasteiger partial charge in [0.25, 0.3) is 0 Å². The Hall–Kier alpha value is -1.64. The normalized spacial score (nSPS) is 18.2. The minimum atomic E-state index is 0.885. The van der Waals surface area contributed by atoms with Crippen LogP contribution in [0.15, 0.2) is 34.3 Å². The molecule has 0 atom stereocenters. The first kappa shape index (κ1) is 6.83. The summed E-state index contributed by atoms with van der Waals surface area (Å²) in [7, 11) is 0. The molecule has 0 spiro atoms. The molecule has 0 aromatic heterocycles. The van der Waals surface area contributed by atoms with Gasteiger partial charge < -0.3 is 4.90 Å². The molecule has 0 saturated carbocycles. The Morgan fingerprint density at radius 1 is 1.23 bits per heavy atom. The lowest BCUT2D eigenvalue weighted by Gasteiger charge is -2.22. The highest BCUT2D eigenvalue weighted by Crippen LogP contribution is 2.31. The maximum absolute atomic E-state index is 4.35. The van der Waals surface area contributed by atoms with Crippen molar-refractivity contribution in [3.8, 4) is 0 Å². The van der Waals surface area contributed by atoms with E-state index >= 15 is 0 Å². The van der Waals surface area contributed by atoms with Crippen LogP contribution < -0.4 is 4.90 Å². The summed E-state index contributed by atoms with van der Waals surface area (Å²) in [6.45, 7) is 1.87. The van der Waals surface area contributed by atoms with Gasteiger partial charge in [-0.1, -0.05) is 12.1 Å². The first-order valence-corrected chi connectivity index (χ1v) is 4.40. The smallest absolute Gasteiger partial charge is 0.147 e. The van der Waals surface area contributed by atoms with Crippen molar-refractivity contribution < 1.29 is 0 Å². The zero-order chi connectivity index (χ0) is 8.67. The fourth-order valence-corrected chi connectivity index (χ4v) is 1.75. The molecule has 0 N–H and O–H groups in total. The first-order chi connectivity index (χ1) is 6.45. The van der Waals surface area contributed by atoms with E-state index in [0.29, 0.717) is 0 Å². The quantitative estimate of drug-likeness (QED) is 0.583. The van der Waals surface area contributed by atoms with Crippen LogP contribution in [0.3, 0.4) is 0 Å². The molecule has 2 aliphatic heterocycles. The summed E-state index contributed by atoms with van der Waals surface area (Å²) in [4.78, 5) is 10.9. The van der Waals surface area contributed by atoms with Crippen molar-refractivity contribution in [2.45, 2.75) is 0 Å². The molecule has 0 amide bonds. The number of amidine groups is 1. The van der Waals surface area contributed by atoms with E-state index in [1.165, 1.54) is 5.69 Å². The second-order valence-corrected chi connectivity index (χ2v) is 3.14. The van der Waals surface area contributed by atoms with Crippen LogP contribution in [0.5, 0.6) is 0 Å². The average molecular weight is 171 g/mol. The van der Waals surface area contributed by atoms with Crippen LogP contribution in [0.25, 0.3) is 0 Å². The lowest BCUT2D eigenvalue weighted by atomic mass is 10.2. The lowest BCUT2D eigenvalue weighted by molar-refractivity contribution is 1.02. The van der Waals surface area contributed by atoms with Gasteiger partial charge in [-0.25, -0.2) is 0 Å². The number of hydrogen-bond acceptors (Lipinski definition) is 3. The molecule has 2 aliphatic rings. The SMILES string of the molecule is C1=Nc2ccccc2N2CCN=C12. The van der Waals surface area contributed by atoms with Gasteiger partial charge in [-0.15, -0.1) is 0 Å². The molecule has 0 fully saturated rings. The van der Waals surface area contributed by atoms with Crippen LogP contribution in [0, 0.1) is 0 Å². The summed E-state index contributed by atoms with van der Waals surface area (Å²) in [6, 6.07) is 8.16. The van der Waals surface area contributed by atoms with Crippen LogP contribution in [0.1, 0.15) is 0 Å². The van der Waals surface area contributed by atoms with Crippen molar-refractivity contribution in [3.05, 3.63) is 24.3 Å². The van der Waals surface area contributed by atoms with Gasteiger partial charge in [0.2, 0.25) is 0 Å². The van der Waals surface area contributed by atoms with Gasteiger partial charge in [-0.2, -0.15) is 0 Å². The summed E-state index contributed by atoms with van der Waals surface area (Å²) in [5.74, 6) is 0.999. The predicted molar refractivity (Wildman–Crippen MR) is 54.2 cm³/mol. The highest BCUT2D eigenvalue weighted by atomic mass is 15.3. The minimum absolute atomic E-state index is 0.885. The van der Waals surface area contributed by atoms with Gasteiger partial charge in [0.15, 0.2) is 0 Å². The Bertz CT molecular complexity index is 406. The number of para-hydroxylation sites is 2. The maximum Gasteiger partial charge on any atom is 0.147 e. The number of benzene rings is 1. The Balaban J connectivity index is 2.20. The van der Waals surface area contributed by atoms with E-state index in [9.17, 15) is 0 Å². The summed E-state index contributed by atoms with van der Waals surface area (Å²) in [6.07, 6.45) is 1.84. The van der Waals surface area contributed by atoms with E-state index in [2.05, 4.69) is 21.0 Å². The van der Waals surface area contributed by atoms with Crippen LogP contribution >= 0.6 is 0 Å². The molecule has 0 radical (unpaired) electrons. The van der Waals surface area contributed by atoms with E-state index in [4.69, 9.17) is 0 Å². The van der Waals surface area contributed by atoms with Crippen LogP contribution in [-0.4, -0.2) is 25.1 Å². The minimum Gasteiger partial charge on any atom is -0.322 e. The highest BCUT2D eigenvalue weighted by Gasteiger charge is 2.22. The number of aliphatic imine (C=N–C) groups is 2. The van der Waals surface area contributed by atoms with E-state index in [1.807, 2.05) is 24.4 Å². The highest BCUT2D eigenvalue weighted by molar-refractivity contribution is 6.38. The second kappa shape index (κ2) is 2.42. The molecule has 13 heavy (non-hydrogen) atoms. The van der Waals surface area contributed by atoms with Crippen molar-refractivity contribution in [3.63, 3.8) is 0 Å². The molecule has 64 valence electrons. The molecule has 3 nitrogen and oxygen atoms in total. The summed E-state index contributed by atoms with van der Waals surface area (Å²) < 4.78 is 0.